The molecule has 2 nitrogen and oxygen atoms in total. The maximum Gasteiger partial charge on any atom is 0.0947 e. The summed E-state index contributed by atoms with van der Waals surface area (Å²) in [6, 6.07) is 8.96. The fourth-order valence-corrected chi connectivity index (χ4v) is 1.82. The van der Waals surface area contributed by atoms with Crippen LogP contribution >= 0.6 is 0 Å². The van der Waals surface area contributed by atoms with Crippen molar-refractivity contribution in [1.29, 1.82) is 0 Å². The van der Waals surface area contributed by atoms with E-state index in [0.29, 0.717) is 6.04 Å². The van der Waals surface area contributed by atoms with Crippen molar-refractivity contribution in [3.8, 4) is 0 Å². The second-order valence-corrected chi connectivity index (χ2v) is 4.58. The minimum absolute atomic E-state index is 0.351. The molecule has 0 radical (unpaired) electrons. The Kier molecular flexibility index (Phi) is 3.64. The summed E-state index contributed by atoms with van der Waals surface area (Å²) in [6.45, 7) is 7.32. The fourth-order valence-electron chi connectivity index (χ4n) is 1.82. The summed E-state index contributed by atoms with van der Waals surface area (Å²) in [7, 11) is 0. The average molecular weight is 229 g/mol. The summed E-state index contributed by atoms with van der Waals surface area (Å²) in [5, 5.41) is 3.49. The molecule has 0 aliphatic heterocycles. The third-order valence-electron chi connectivity index (χ3n) is 3.22. The van der Waals surface area contributed by atoms with Gasteiger partial charge in [0.15, 0.2) is 0 Å². The van der Waals surface area contributed by atoms with Crippen LogP contribution in [0.1, 0.15) is 35.2 Å². The first-order valence-electron chi connectivity index (χ1n) is 5.98. The zero-order chi connectivity index (χ0) is 12.3. The van der Waals surface area contributed by atoms with Gasteiger partial charge in [-0.1, -0.05) is 18.2 Å². The molecule has 0 saturated heterocycles. The van der Waals surface area contributed by atoms with Gasteiger partial charge in [-0.2, -0.15) is 0 Å². The normalized spacial score (nSPS) is 12.6. The molecule has 0 fully saturated rings. The van der Waals surface area contributed by atoms with Gasteiger partial charge in [0.05, 0.1) is 12.5 Å². The monoisotopic (exact) mass is 229 g/mol. The van der Waals surface area contributed by atoms with Gasteiger partial charge in [0.2, 0.25) is 0 Å². The van der Waals surface area contributed by atoms with Crippen molar-refractivity contribution in [2.45, 2.75) is 33.4 Å². The Morgan fingerprint density at radius 1 is 1.18 bits per heavy atom. The number of benzene rings is 1. The average Bonchev–Trinajstić information content (AvgIpc) is 2.82. The molecule has 1 atom stereocenters. The second kappa shape index (κ2) is 5.19. The van der Waals surface area contributed by atoms with E-state index in [2.05, 4.69) is 44.3 Å². The SMILES string of the molecule is Cc1ccc(C(C)NCc2ccoc2)cc1C. The molecule has 0 aliphatic rings. The lowest BCUT2D eigenvalue weighted by Gasteiger charge is -2.15. The molecule has 0 spiro atoms. The number of hydrogen-bond acceptors (Lipinski definition) is 2. The summed E-state index contributed by atoms with van der Waals surface area (Å²) < 4.78 is 5.05. The Morgan fingerprint density at radius 3 is 2.65 bits per heavy atom. The zero-order valence-electron chi connectivity index (χ0n) is 10.7. The number of aryl methyl sites for hydroxylation is 2. The summed E-state index contributed by atoms with van der Waals surface area (Å²) in [5.41, 5.74) is 5.20. The van der Waals surface area contributed by atoms with Gasteiger partial charge in [-0.15, -0.1) is 0 Å². The summed E-state index contributed by atoms with van der Waals surface area (Å²) in [6.07, 6.45) is 3.48. The quantitative estimate of drug-likeness (QED) is 0.863. The highest BCUT2D eigenvalue weighted by molar-refractivity contribution is 5.31. The number of nitrogens with one attached hydrogen (secondary N) is 1. The van der Waals surface area contributed by atoms with Gasteiger partial charge < -0.3 is 9.73 Å². The van der Waals surface area contributed by atoms with Crippen LogP contribution in [0.5, 0.6) is 0 Å². The van der Waals surface area contributed by atoms with E-state index < -0.39 is 0 Å². The van der Waals surface area contributed by atoms with Crippen LogP contribution in [-0.4, -0.2) is 0 Å². The predicted octanol–water partition coefficient (Wildman–Crippen LogP) is 3.75. The molecule has 0 bridgehead atoms. The van der Waals surface area contributed by atoms with Gasteiger partial charge in [-0.25, -0.2) is 0 Å². The first-order valence-corrected chi connectivity index (χ1v) is 5.98. The topological polar surface area (TPSA) is 25.2 Å². The third kappa shape index (κ3) is 2.98. The molecular formula is C15H19NO. The standard InChI is InChI=1S/C15H19NO/c1-11-4-5-15(8-12(11)2)13(3)16-9-14-6-7-17-10-14/h4-8,10,13,16H,9H2,1-3H3. The Morgan fingerprint density at radius 2 is 2.00 bits per heavy atom. The molecule has 90 valence electrons. The molecule has 2 heteroatoms. The zero-order valence-corrected chi connectivity index (χ0v) is 10.7. The van der Waals surface area contributed by atoms with E-state index in [4.69, 9.17) is 4.42 Å². The van der Waals surface area contributed by atoms with E-state index in [0.717, 1.165) is 6.54 Å². The molecule has 17 heavy (non-hydrogen) atoms. The van der Waals surface area contributed by atoms with Crippen molar-refractivity contribution in [2.24, 2.45) is 0 Å². The van der Waals surface area contributed by atoms with Crippen LogP contribution in [0.2, 0.25) is 0 Å². The van der Waals surface area contributed by atoms with E-state index in [9.17, 15) is 0 Å². The molecule has 0 saturated carbocycles. The summed E-state index contributed by atoms with van der Waals surface area (Å²) >= 11 is 0. The Labute approximate surface area is 103 Å². The van der Waals surface area contributed by atoms with E-state index in [1.165, 1.54) is 22.3 Å². The van der Waals surface area contributed by atoms with Crippen LogP contribution in [0, 0.1) is 13.8 Å². The van der Waals surface area contributed by atoms with E-state index in [1.807, 2.05) is 6.07 Å². The molecule has 2 aromatic rings. The van der Waals surface area contributed by atoms with Gasteiger partial charge >= 0.3 is 0 Å². The van der Waals surface area contributed by atoms with Gasteiger partial charge in [0.25, 0.3) is 0 Å². The van der Waals surface area contributed by atoms with Gasteiger partial charge in [0, 0.05) is 18.2 Å². The Bertz CT molecular complexity index is 474. The van der Waals surface area contributed by atoms with Crippen LogP contribution in [0.4, 0.5) is 0 Å². The second-order valence-electron chi connectivity index (χ2n) is 4.58. The molecule has 0 amide bonds. The van der Waals surface area contributed by atoms with Crippen molar-refractivity contribution in [3.05, 3.63) is 59.0 Å². The van der Waals surface area contributed by atoms with E-state index >= 15 is 0 Å². The number of hydrogen-bond donors (Lipinski definition) is 1. The first kappa shape index (κ1) is 11.9. The van der Waals surface area contributed by atoms with Gasteiger partial charge in [0.1, 0.15) is 0 Å². The molecule has 1 aromatic carbocycles. The predicted molar refractivity (Wildman–Crippen MR) is 69.9 cm³/mol. The molecule has 2 rings (SSSR count). The molecule has 1 N–H and O–H groups in total. The molecule has 1 unspecified atom stereocenters. The van der Waals surface area contributed by atoms with Gasteiger partial charge in [-0.3, -0.25) is 0 Å². The fraction of sp³-hybridized carbons (Fsp3) is 0.333. The first-order chi connectivity index (χ1) is 8.16. The molecule has 0 aliphatic carbocycles. The van der Waals surface area contributed by atoms with Crippen LogP contribution < -0.4 is 5.32 Å². The minimum Gasteiger partial charge on any atom is -0.472 e. The summed E-state index contributed by atoms with van der Waals surface area (Å²) in [5.74, 6) is 0. The van der Waals surface area contributed by atoms with Crippen LogP contribution in [0.15, 0.2) is 41.2 Å². The number of rotatable bonds is 4. The molecule has 1 aromatic heterocycles. The Balaban J connectivity index is 1.99. The Hall–Kier alpha value is -1.54. The number of furan rings is 1. The molecular weight excluding hydrogens is 210 g/mol. The van der Waals surface area contributed by atoms with Crippen LogP contribution in [0.25, 0.3) is 0 Å². The van der Waals surface area contributed by atoms with Crippen molar-refractivity contribution < 1.29 is 4.42 Å². The van der Waals surface area contributed by atoms with E-state index in [1.54, 1.807) is 12.5 Å². The highest BCUT2D eigenvalue weighted by Gasteiger charge is 2.06. The lowest BCUT2D eigenvalue weighted by Crippen LogP contribution is -2.17. The lowest BCUT2D eigenvalue weighted by molar-refractivity contribution is 0.546. The molecule has 1 heterocycles. The highest BCUT2D eigenvalue weighted by Crippen LogP contribution is 2.17. The maximum absolute atomic E-state index is 5.05. The minimum atomic E-state index is 0.351. The smallest absolute Gasteiger partial charge is 0.0947 e. The van der Waals surface area contributed by atoms with Gasteiger partial charge in [-0.05, 0) is 43.5 Å². The van der Waals surface area contributed by atoms with Crippen molar-refractivity contribution in [3.63, 3.8) is 0 Å². The maximum atomic E-state index is 5.05. The third-order valence-corrected chi connectivity index (χ3v) is 3.22. The van der Waals surface area contributed by atoms with E-state index in [-0.39, 0.29) is 0 Å². The summed E-state index contributed by atoms with van der Waals surface area (Å²) in [4.78, 5) is 0. The van der Waals surface area contributed by atoms with Crippen molar-refractivity contribution in [2.75, 3.05) is 0 Å². The lowest BCUT2D eigenvalue weighted by atomic mass is 10.0. The highest BCUT2D eigenvalue weighted by atomic mass is 16.3. The largest absolute Gasteiger partial charge is 0.472 e. The van der Waals surface area contributed by atoms with Crippen molar-refractivity contribution in [1.82, 2.24) is 5.32 Å². The van der Waals surface area contributed by atoms with Crippen LogP contribution in [-0.2, 0) is 6.54 Å². The van der Waals surface area contributed by atoms with Crippen LogP contribution in [0.3, 0.4) is 0 Å². The van der Waals surface area contributed by atoms with Crippen molar-refractivity contribution >= 4 is 0 Å².